The Labute approximate surface area is 107 Å². The van der Waals surface area contributed by atoms with Crippen LogP contribution in [0.4, 0.5) is 0 Å². The second-order valence-electron chi connectivity index (χ2n) is 2.74. The molecule has 80 valence electrons. The summed E-state index contributed by atoms with van der Waals surface area (Å²) in [5, 5.41) is 0. The number of imidazole rings is 1. The van der Waals surface area contributed by atoms with Gasteiger partial charge in [-0.15, -0.1) is 0 Å². The molecular weight excluding hydrogens is 371 g/mol. The van der Waals surface area contributed by atoms with Gasteiger partial charge < -0.3 is 4.98 Å². The molecule has 0 saturated heterocycles. The van der Waals surface area contributed by atoms with Crippen molar-refractivity contribution in [1.29, 1.82) is 0 Å². The van der Waals surface area contributed by atoms with Crippen molar-refractivity contribution < 1.29 is 8.42 Å². The van der Waals surface area contributed by atoms with Gasteiger partial charge in [-0.1, -0.05) is 0 Å². The highest BCUT2D eigenvalue weighted by molar-refractivity contribution is 9.11. The average molecular weight is 374 g/mol. The molecule has 0 aliphatic rings. The van der Waals surface area contributed by atoms with Crippen molar-refractivity contribution in [3.8, 4) is 0 Å². The predicted octanol–water partition coefficient (Wildman–Crippen LogP) is 3.02. The van der Waals surface area contributed by atoms with Crippen LogP contribution in [0.3, 0.4) is 0 Å². The highest BCUT2D eigenvalue weighted by Crippen LogP contribution is 2.31. The molecule has 0 saturated carbocycles. The van der Waals surface area contributed by atoms with E-state index in [0.717, 1.165) is 5.52 Å². The van der Waals surface area contributed by atoms with E-state index in [-0.39, 0.29) is 4.90 Å². The van der Waals surface area contributed by atoms with E-state index in [1.807, 2.05) is 0 Å². The molecule has 0 aliphatic carbocycles. The van der Waals surface area contributed by atoms with E-state index < -0.39 is 9.05 Å². The molecule has 8 heteroatoms. The summed E-state index contributed by atoms with van der Waals surface area (Å²) in [5.74, 6) is 0. The lowest BCUT2D eigenvalue weighted by Gasteiger charge is -1.99. The van der Waals surface area contributed by atoms with Gasteiger partial charge in [-0.25, -0.2) is 13.4 Å². The maximum atomic E-state index is 11.2. The monoisotopic (exact) mass is 372 g/mol. The molecule has 0 amide bonds. The minimum absolute atomic E-state index is 0.00988. The molecule has 0 atom stereocenters. The fourth-order valence-electron chi connectivity index (χ4n) is 1.18. The second kappa shape index (κ2) is 3.73. The lowest BCUT2D eigenvalue weighted by Crippen LogP contribution is -1.92. The fraction of sp³-hybridized carbons (Fsp3) is 0. The van der Waals surface area contributed by atoms with Gasteiger partial charge in [0.1, 0.15) is 5.52 Å². The lowest BCUT2D eigenvalue weighted by atomic mass is 10.3. The maximum Gasteiger partial charge on any atom is 0.262 e. The summed E-state index contributed by atoms with van der Waals surface area (Å²) in [4.78, 5) is 7.00. The topological polar surface area (TPSA) is 62.8 Å². The van der Waals surface area contributed by atoms with E-state index in [1.165, 1.54) is 6.07 Å². The summed E-state index contributed by atoms with van der Waals surface area (Å²) in [6.45, 7) is 0. The first-order valence-electron chi connectivity index (χ1n) is 3.68. The van der Waals surface area contributed by atoms with Gasteiger partial charge in [-0.05, 0) is 44.0 Å². The number of nitrogens with zero attached hydrogens (tertiary/aromatic N) is 1. The Kier molecular flexibility index (Phi) is 2.83. The molecule has 1 N–H and O–H groups in total. The molecule has 0 fully saturated rings. The van der Waals surface area contributed by atoms with E-state index in [2.05, 4.69) is 41.8 Å². The summed E-state index contributed by atoms with van der Waals surface area (Å²) in [7, 11) is 1.50. The van der Waals surface area contributed by atoms with E-state index in [0.29, 0.717) is 14.7 Å². The van der Waals surface area contributed by atoms with E-state index in [9.17, 15) is 8.42 Å². The van der Waals surface area contributed by atoms with Crippen LogP contribution in [0, 0.1) is 0 Å². The third-order valence-electron chi connectivity index (χ3n) is 1.79. The molecule has 0 bridgehead atoms. The Morgan fingerprint density at radius 3 is 2.60 bits per heavy atom. The Hall–Kier alpha value is -0.110. The normalized spacial score (nSPS) is 12.2. The van der Waals surface area contributed by atoms with Crippen LogP contribution >= 0.6 is 42.5 Å². The molecule has 1 aromatic heterocycles. The number of nitrogens with one attached hydrogen (secondary N) is 1. The van der Waals surface area contributed by atoms with Crippen LogP contribution in [-0.4, -0.2) is 18.4 Å². The summed E-state index contributed by atoms with van der Waals surface area (Å²) in [6.07, 6.45) is 0. The largest absolute Gasteiger partial charge is 0.332 e. The van der Waals surface area contributed by atoms with Gasteiger partial charge in [0.05, 0.1) is 14.9 Å². The smallest absolute Gasteiger partial charge is 0.262 e. The van der Waals surface area contributed by atoms with Crippen LogP contribution in [0.15, 0.2) is 26.2 Å². The Morgan fingerprint density at radius 1 is 1.33 bits per heavy atom. The number of halogens is 3. The molecule has 0 spiro atoms. The third kappa shape index (κ3) is 2.06. The summed E-state index contributed by atoms with van der Waals surface area (Å²) >= 11 is 6.33. The van der Waals surface area contributed by atoms with Crippen LogP contribution in [0.5, 0.6) is 0 Å². The number of H-pyrrole nitrogens is 1. The average Bonchev–Trinajstić information content (AvgIpc) is 2.44. The van der Waals surface area contributed by atoms with Gasteiger partial charge >= 0.3 is 0 Å². The van der Waals surface area contributed by atoms with Crippen LogP contribution in [-0.2, 0) is 9.05 Å². The van der Waals surface area contributed by atoms with E-state index in [1.54, 1.807) is 6.07 Å². The van der Waals surface area contributed by atoms with Gasteiger partial charge in [0.2, 0.25) is 0 Å². The summed E-state index contributed by atoms with van der Waals surface area (Å²) < 4.78 is 23.3. The molecule has 4 nitrogen and oxygen atoms in total. The van der Waals surface area contributed by atoms with Crippen molar-refractivity contribution in [2.24, 2.45) is 0 Å². The maximum absolute atomic E-state index is 11.2. The van der Waals surface area contributed by atoms with Gasteiger partial charge in [0.15, 0.2) is 4.73 Å². The molecule has 0 unspecified atom stereocenters. The molecule has 2 rings (SSSR count). The highest BCUT2D eigenvalue weighted by atomic mass is 79.9. The number of fused-ring (bicyclic) bond motifs is 1. The number of rotatable bonds is 1. The predicted molar refractivity (Wildman–Crippen MR) is 64.5 cm³/mol. The van der Waals surface area contributed by atoms with Crippen molar-refractivity contribution in [3.05, 3.63) is 21.3 Å². The number of aromatic nitrogens is 2. The van der Waals surface area contributed by atoms with Crippen molar-refractivity contribution in [3.63, 3.8) is 0 Å². The summed E-state index contributed by atoms with van der Waals surface area (Å²) in [6, 6.07) is 3.02. The molecule has 1 heterocycles. The fourth-order valence-corrected chi connectivity index (χ4v) is 3.85. The van der Waals surface area contributed by atoms with Gasteiger partial charge in [-0.2, -0.15) is 0 Å². The molecule has 2 aromatic rings. The van der Waals surface area contributed by atoms with Crippen molar-refractivity contribution in [2.45, 2.75) is 4.90 Å². The van der Waals surface area contributed by atoms with Crippen molar-refractivity contribution in [2.75, 3.05) is 0 Å². The van der Waals surface area contributed by atoms with Crippen molar-refractivity contribution >= 4 is 62.6 Å². The SMILES string of the molecule is O=S(=O)(Cl)c1ccc2[nH]c(Br)nc2c1Br. The van der Waals surface area contributed by atoms with Gasteiger partial charge in [-0.3, -0.25) is 0 Å². The second-order valence-corrected chi connectivity index (χ2v) is 6.82. The first-order valence-corrected chi connectivity index (χ1v) is 7.57. The third-order valence-corrected chi connectivity index (χ3v) is 4.60. The number of hydrogen-bond acceptors (Lipinski definition) is 3. The van der Waals surface area contributed by atoms with Crippen LogP contribution in [0.25, 0.3) is 11.0 Å². The van der Waals surface area contributed by atoms with E-state index in [4.69, 9.17) is 10.7 Å². The number of aromatic amines is 1. The van der Waals surface area contributed by atoms with E-state index >= 15 is 0 Å². The Morgan fingerprint density at radius 2 is 2.00 bits per heavy atom. The molecule has 0 radical (unpaired) electrons. The zero-order valence-corrected chi connectivity index (χ0v) is 11.7. The Bertz CT molecular complexity index is 638. The minimum Gasteiger partial charge on any atom is -0.332 e. The molecular formula is C7H3Br2ClN2O2S. The molecule has 15 heavy (non-hydrogen) atoms. The zero-order valence-electron chi connectivity index (χ0n) is 6.96. The highest BCUT2D eigenvalue weighted by Gasteiger charge is 2.18. The van der Waals surface area contributed by atoms with Gasteiger partial charge in [0.25, 0.3) is 9.05 Å². The number of hydrogen-bond donors (Lipinski definition) is 1. The standard InChI is InChI=1S/C7H3Br2ClN2O2S/c8-5-4(15(10,13)14)2-1-3-6(5)12-7(9)11-3/h1-2H,(H,11,12). The lowest BCUT2D eigenvalue weighted by molar-refractivity contribution is 0.609. The Balaban J connectivity index is 2.87. The zero-order chi connectivity index (χ0) is 11.2. The van der Waals surface area contributed by atoms with Gasteiger partial charge in [0, 0.05) is 10.7 Å². The molecule has 0 aliphatic heterocycles. The summed E-state index contributed by atoms with van der Waals surface area (Å²) in [5.41, 5.74) is 1.24. The first kappa shape index (κ1) is 11.4. The van der Waals surface area contributed by atoms with Crippen LogP contribution < -0.4 is 0 Å². The number of benzene rings is 1. The molecule has 1 aromatic carbocycles. The quantitative estimate of drug-likeness (QED) is 0.781. The van der Waals surface area contributed by atoms with Crippen molar-refractivity contribution in [1.82, 2.24) is 9.97 Å². The first-order chi connectivity index (χ1) is 6.89. The van der Waals surface area contributed by atoms with Crippen LogP contribution in [0.2, 0.25) is 0 Å². The minimum atomic E-state index is -3.76. The van der Waals surface area contributed by atoms with Crippen LogP contribution in [0.1, 0.15) is 0 Å².